The van der Waals surface area contributed by atoms with Crippen LogP contribution in [0.3, 0.4) is 0 Å². The molecule has 3 N–H and O–H groups in total. The van der Waals surface area contributed by atoms with Crippen molar-refractivity contribution in [1.82, 2.24) is 4.98 Å². The summed E-state index contributed by atoms with van der Waals surface area (Å²) in [4.78, 5) is 3.62. The molecule has 0 saturated carbocycles. The first-order chi connectivity index (χ1) is 6.65. The molecule has 1 heterocycles. The minimum Gasteiger partial charge on any atom is -0.754 e. The van der Waals surface area contributed by atoms with E-state index in [2.05, 4.69) is 17.2 Å². The van der Waals surface area contributed by atoms with Gasteiger partial charge in [0.15, 0.2) is 11.0 Å². The first-order valence-corrected chi connectivity index (χ1v) is 4.82. The van der Waals surface area contributed by atoms with Crippen LogP contribution in [0.2, 0.25) is 5.15 Å². The number of rotatable bonds is 4. The maximum atomic E-state index is 11.3. The van der Waals surface area contributed by atoms with Gasteiger partial charge in [-0.1, -0.05) is 18.3 Å². The third kappa shape index (κ3) is 2.63. The number of hydrogen-bond acceptors (Lipinski definition) is 4. The molecule has 1 aromatic rings. The summed E-state index contributed by atoms with van der Waals surface area (Å²) in [5.41, 5.74) is 5.34. The Labute approximate surface area is 87.5 Å². The highest BCUT2D eigenvalue weighted by molar-refractivity contribution is 6.29. The molecule has 0 fully saturated rings. The summed E-state index contributed by atoms with van der Waals surface area (Å²) in [6.07, 6.45) is 2.04. The summed E-state index contributed by atoms with van der Waals surface area (Å²) in [6, 6.07) is 1.46. The van der Waals surface area contributed by atoms with Crippen LogP contribution in [0.4, 0.5) is 11.8 Å². The zero-order valence-corrected chi connectivity index (χ0v) is 8.71. The molecule has 1 aromatic heterocycles. The summed E-state index contributed by atoms with van der Waals surface area (Å²) in [5, 5.41) is 14.5. The molecule has 0 aliphatic heterocycles. The van der Waals surface area contributed by atoms with Crippen LogP contribution in [0.15, 0.2) is 6.07 Å². The molecule has 0 atom stereocenters. The number of nitrogen functional groups attached to an aromatic ring is 1. The van der Waals surface area contributed by atoms with Gasteiger partial charge in [-0.2, -0.15) is 0 Å². The van der Waals surface area contributed by atoms with Gasteiger partial charge in [0.05, 0.1) is 6.07 Å². The van der Waals surface area contributed by atoms with Crippen LogP contribution in [0.1, 0.15) is 19.8 Å². The zero-order valence-electron chi connectivity index (χ0n) is 7.96. The van der Waals surface area contributed by atoms with Crippen LogP contribution < -0.4 is 15.8 Å². The van der Waals surface area contributed by atoms with Gasteiger partial charge >= 0.3 is 5.95 Å². The first-order valence-electron chi connectivity index (χ1n) is 4.44. The standard InChI is InChI=1S/C8H13ClN4O/c1-2-3-4-11-7-5-6(9)12-8(10)13(7)14/h5,11H,2-4H2,1H3,(H2,10,12). The summed E-state index contributed by atoms with van der Waals surface area (Å²) in [5.74, 6) is 0.201. The molecule has 0 bridgehead atoms. The van der Waals surface area contributed by atoms with Gasteiger partial charge in [-0.15, -0.1) is 0 Å². The molecule has 0 radical (unpaired) electrons. The average molecular weight is 217 g/mol. The minimum atomic E-state index is -0.142. The van der Waals surface area contributed by atoms with Crippen molar-refractivity contribution in [3.8, 4) is 0 Å². The summed E-state index contributed by atoms with van der Waals surface area (Å²) >= 11 is 5.65. The van der Waals surface area contributed by atoms with Crippen LogP contribution in [0.25, 0.3) is 0 Å². The molecule has 78 valence electrons. The number of unbranched alkanes of at least 4 members (excludes halogenated alkanes) is 1. The van der Waals surface area contributed by atoms with Crippen molar-refractivity contribution < 1.29 is 4.73 Å². The highest BCUT2D eigenvalue weighted by atomic mass is 35.5. The fraction of sp³-hybridized carbons (Fsp3) is 0.500. The van der Waals surface area contributed by atoms with Gasteiger partial charge in [-0.3, -0.25) is 0 Å². The molecule has 0 aromatic carbocycles. The van der Waals surface area contributed by atoms with E-state index in [1.165, 1.54) is 6.07 Å². The third-order valence-electron chi connectivity index (χ3n) is 1.74. The van der Waals surface area contributed by atoms with E-state index in [1.807, 2.05) is 0 Å². The number of aromatic nitrogens is 2. The topological polar surface area (TPSA) is 77.9 Å². The van der Waals surface area contributed by atoms with Gasteiger partial charge in [-0.05, 0) is 18.0 Å². The molecule has 0 amide bonds. The maximum absolute atomic E-state index is 11.3. The van der Waals surface area contributed by atoms with E-state index in [4.69, 9.17) is 17.3 Å². The Morgan fingerprint density at radius 3 is 3.07 bits per heavy atom. The molecule has 0 aliphatic rings. The molecule has 14 heavy (non-hydrogen) atoms. The molecule has 0 aliphatic carbocycles. The number of anilines is 2. The van der Waals surface area contributed by atoms with Gasteiger partial charge in [0.2, 0.25) is 0 Å². The van der Waals surface area contributed by atoms with E-state index < -0.39 is 0 Å². The van der Waals surface area contributed by atoms with E-state index in [1.54, 1.807) is 0 Å². The summed E-state index contributed by atoms with van der Waals surface area (Å²) < 4.78 is 0.529. The third-order valence-corrected chi connectivity index (χ3v) is 1.93. The molecular formula is C8H13ClN4O. The number of nitrogens with two attached hydrogens (primary N) is 1. The van der Waals surface area contributed by atoms with Crippen molar-refractivity contribution in [2.24, 2.45) is 0 Å². The Morgan fingerprint density at radius 2 is 2.43 bits per heavy atom. The predicted octanol–water partition coefficient (Wildman–Crippen LogP) is 1.16. The van der Waals surface area contributed by atoms with Crippen molar-refractivity contribution in [3.63, 3.8) is 0 Å². The van der Waals surface area contributed by atoms with Crippen LogP contribution in [-0.2, 0) is 0 Å². The van der Waals surface area contributed by atoms with E-state index in [0.29, 0.717) is 10.5 Å². The zero-order chi connectivity index (χ0) is 10.6. The lowest BCUT2D eigenvalue weighted by Gasteiger charge is -2.12. The van der Waals surface area contributed by atoms with Gasteiger partial charge in [-0.25, -0.2) is 4.73 Å². The Hall–Kier alpha value is -1.23. The average Bonchev–Trinajstić information content (AvgIpc) is 2.13. The lowest BCUT2D eigenvalue weighted by atomic mass is 10.3. The Bertz CT molecular complexity index is 318. The molecule has 1 rings (SSSR count). The fourth-order valence-electron chi connectivity index (χ4n) is 0.998. The van der Waals surface area contributed by atoms with Crippen molar-refractivity contribution in [2.75, 3.05) is 17.6 Å². The van der Waals surface area contributed by atoms with E-state index in [9.17, 15) is 5.21 Å². The second kappa shape index (κ2) is 4.85. The SMILES string of the molecule is CCCCNc1cc(Cl)nc(N)[n+]1[O-]. The molecular weight excluding hydrogens is 204 g/mol. The quantitative estimate of drug-likeness (QED) is 0.343. The Balaban J connectivity index is 2.75. The molecule has 6 heteroatoms. The summed E-state index contributed by atoms with van der Waals surface area (Å²) in [7, 11) is 0. The van der Waals surface area contributed by atoms with E-state index in [-0.39, 0.29) is 11.1 Å². The monoisotopic (exact) mass is 216 g/mol. The highest BCUT2D eigenvalue weighted by Gasteiger charge is 2.07. The summed E-state index contributed by atoms with van der Waals surface area (Å²) in [6.45, 7) is 2.79. The van der Waals surface area contributed by atoms with Crippen LogP contribution in [0.5, 0.6) is 0 Å². The second-order valence-corrected chi connectivity index (χ2v) is 3.28. The Kier molecular flexibility index (Phi) is 3.76. The lowest BCUT2D eigenvalue weighted by Crippen LogP contribution is -2.35. The van der Waals surface area contributed by atoms with Crippen LogP contribution >= 0.6 is 11.6 Å². The van der Waals surface area contributed by atoms with Gasteiger partial charge in [0.1, 0.15) is 0 Å². The Morgan fingerprint density at radius 1 is 1.71 bits per heavy atom. The minimum absolute atomic E-state index is 0.142. The second-order valence-electron chi connectivity index (χ2n) is 2.90. The van der Waals surface area contributed by atoms with Crippen molar-refractivity contribution in [3.05, 3.63) is 16.4 Å². The predicted molar refractivity (Wildman–Crippen MR) is 56.0 cm³/mol. The van der Waals surface area contributed by atoms with Gasteiger partial charge < -0.3 is 16.3 Å². The molecule has 0 unspecified atom stereocenters. The van der Waals surface area contributed by atoms with E-state index >= 15 is 0 Å². The number of halogens is 1. The lowest BCUT2D eigenvalue weighted by molar-refractivity contribution is -0.577. The number of nitrogens with zero attached hydrogens (tertiary/aromatic N) is 2. The van der Waals surface area contributed by atoms with Crippen molar-refractivity contribution in [1.29, 1.82) is 0 Å². The largest absolute Gasteiger partial charge is 0.754 e. The molecule has 0 spiro atoms. The fourth-order valence-corrected chi connectivity index (χ4v) is 1.19. The van der Waals surface area contributed by atoms with Crippen LogP contribution in [0, 0.1) is 5.21 Å². The van der Waals surface area contributed by atoms with Crippen molar-refractivity contribution >= 4 is 23.4 Å². The smallest absolute Gasteiger partial charge is 0.345 e. The maximum Gasteiger partial charge on any atom is 0.345 e. The van der Waals surface area contributed by atoms with Crippen LogP contribution in [-0.4, -0.2) is 11.5 Å². The number of hydrogen-bond donors (Lipinski definition) is 2. The normalized spacial score (nSPS) is 10.1. The van der Waals surface area contributed by atoms with Gasteiger partial charge in [0, 0.05) is 6.54 Å². The molecule has 0 saturated heterocycles. The molecule has 5 nitrogen and oxygen atoms in total. The van der Waals surface area contributed by atoms with E-state index in [0.717, 1.165) is 19.4 Å². The highest BCUT2D eigenvalue weighted by Crippen LogP contribution is 2.10. The number of nitrogens with one attached hydrogen (secondary N) is 1. The van der Waals surface area contributed by atoms with Gasteiger partial charge in [0.25, 0.3) is 0 Å². The van der Waals surface area contributed by atoms with Crippen molar-refractivity contribution in [2.45, 2.75) is 19.8 Å². The first kappa shape index (κ1) is 10.8.